The number of azide groups is 2. The van der Waals surface area contributed by atoms with Crippen molar-refractivity contribution >= 4 is 0 Å². The third-order valence-electron chi connectivity index (χ3n) is 7.87. The van der Waals surface area contributed by atoms with E-state index in [0.717, 1.165) is 0 Å². The lowest BCUT2D eigenvalue weighted by Gasteiger charge is -2.09. The van der Waals surface area contributed by atoms with Crippen LogP contribution in [-0.4, -0.2) is 277 Å². The monoisotopic (exact) mass is 993 g/mol. The second-order valence-corrected chi connectivity index (χ2v) is 13.2. The van der Waals surface area contributed by atoms with Gasteiger partial charge >= 0.3 is 0 Å². The predicted octanol–water partition coefficient (Wildman–Crippen LogP) is 1.94. The highest BCUT2D eigenvalue weighted by molar-refractivity contribution is 4.46. The van der Waals surface area contributed by atoms with Crippen molar-refractivity contribution in [2.24, 2.45) is 10.2 Å². The fourth-order valence-electron chi connectivity index (χ4n) is 4.58. The maximum Gasteiger partial charge on any atom is 0.0701 e. The van der Waals surface area contributed by atoms with Crippen molar-refractivity contribution in [1.82, 2.24) is 0 Å². The first-order valence-electron chi connectivity index (χ1n) is 23.5. The Bertz CT molecular complexity index is 968. The van der Waals surface area contributed by atoms with E-state index in [9.17, 15) is 0 Å². The quantitative estimate of drug-likeness (QED) is 0.0364. The molecule has 0 rings (SSSR count). The zero-order valence-electron chi connectivity index (χ0n) is 40.5. The van der Waals surface area contributed by atoms with Gasteiger partial charge in [0.1, 0.15) is 0 Å². The third-order valence-corrected chi connectivity index (χ3v) is 7.87. The van der Waals surface area contributed by atoms with E-state index in [1.165, 1.54) is 0 Å². The lowest BCUT2D eigenvalue weighted by Crippen LogP contribution is -2.16. The van der Waals surface area contributed by atoms with Crippen LogP contribution in [0.3, 0.4) is 0 Å². The molecular weight excluding hydrogens is 908 g/mol. The first kappa shape index (κ1) is 65.8. The average Bonchev–Trinajstić information content (AvgIpc) is 3.35. The van der Waals surface area contributed by atoms with Crippen LogP contribution < -0.4 is 0 Å². The summed E-state index contributed by atoms with van der Waals surface area (Å²) in [5, 5.41) is 6.75. The highest BCUT2D eigenvalue weighted by Gasteiger charge is 1.99. The van der Waals surface area contributed by atoms with Crippen molar-refractivity contribution in [3.05, 3.63) is 20.9 Å². The van der Waals surface area contributed by atoms with Crippen LogP contribution in [0.25, 0.3) is 20.9 Å². The Morgan fingerprint density at radius 2 is 0.250 bits per heavy atom. The van der Waals surface area contributed by atoms with Gasteiger partial charge in [-0.05, 0) is 11.1 Å². The van der Waals surface area contributed by atoms with E-state index >= 15 is 0 Å². The second kappa shape index (κ2) is 64.8. The summed E-state index contributed by atoms with van der Waals surface area (Å²) in [6.45, 7) is 19.7. The topological polar surface area (TPSA) is 282 Å². The molecular formula is C42H84N6O20. The van der Waals surface area contributed by atoms with Gasteiger partial charge in [0.05, 0.1) is 264 Å². The maximum absolute atomic E-state index is 8.16. The molecule has 402 valence electrons. The minimum absolute atomic E-state index is 0.321. The molecule has 68 heavy (non-hydrogen) atoms. The van der Waals surface area contributed by atoms with Crippen molar-refractivity contribution in [3.8, 4) is 0 Å². The van der Waals surface area contributed by atoms with Crippen molar-refractivity contribution in [3.63, 3.8) is 0 Å². The summed E-state index contributed by atoms with van der Waals surface area (Å²) in [6.07, 6.45) is 0. The molecule has 0 aromatic rings. The fraction of sp³-hybridized carbons (Fsp3) is 1.00. The third kappa shape index (κ3) is 63.8. The molecule has 0 aliphatic rings. The maximum atomic E-state index is 8.16. The molecule has 26 heteroatoms. The number of hydrogen-bond donors (Lipinski definition) is 0. The number of nitrogens with zero attached hydrogens (tertiary/aromatic N) is 6. The van der Waals surface area contributed by atoms with Gasteiger partial charge in [0.25, 0.3) is 0 Å². The first-order chi connectivity index (χ1) is 33.9. The van der Waals surface area contributed by atoms with Gasteiger partial charge in [-0.3, -0.25) is 0 Å². The minimum atomic E-state index is 0.321. The van der Waals surface area contributed by atoms with Crippen molar-refractivity contribution < 1.29 is 94.7 Å². The van der Waals surface area contributed by atoms with Crippen LogP contribution in [0.2, 0.25) is 0 Å². The predicted molar refractivity (Wildman–Crippen MR) is 244 cm³/mol. The van der Waals surface area contributed by atoms with Gasteiger partial charge in [0.15, 0.2) is 0 Å². The standard InChI is InChI=1S/C42H84N6O20/c43-47-45-1-3-49-5-7-51-9-11-53-13-15-55-17-19-57-21-23-59-25-27-61-29-31-63-33-35-65-37-39-67-41-42-68-40-38-66-36-34-64-32-30-62-28-26-60-24-22-58-20-18-56-16-14-54-12-10-52-8-6-50-4-2-46-48-44/h1-42H2. The summed E-state index contributed by atoms with van der Waals surface area (Å²) in [5.41, 5.74) is 16.3. The van der Waals surface area contributed by atoms with Gasteiger partial charge in [-0.1, -0.05) is 10.2 Å². The lowest BCUT2D eigenvalue weighted by molar-refractivity contribution is -0.0314. The largest absolute Gasteiger partial charge is 0.379 e. The molecule has 0 saturated carbocycles. The Hall–Kier alpha value is -2.18. The van der Waals surface area contributed by atoms with Gasteiger partial charge < -0.3 is 94.7 Å². The summed E-state index contributed by atoms with van der Waals surface area (Å²) in [6, 6.07) is 0. The molecule has 0 atom stereocenters. The van der Waals surface area contributed by atoms with E-state index in [4.69, 9.17) is 106 Å². The van der Waals surface area contributed by atoms with E-state index in [-0.39, 0.29) is 0 Å². The van der Waals surface area contributed by atoms with Crippen LogP contribution in [0.5, 0.6) is 0 Å². The molecule has 0 fully saturated rings. The van der Waals surface area contributed by atoms with Gasteiger partial charge in [0, 0.05) is 22.9 Å². The highest BCUT2D eigenvalue weighted by Crippen LogP contribution is 1.90. The molecule has 0 amide bonds. The van der Waals surface area contributed by atoms with Crippen LogP contribution in [0.4, 0.5) is 0 Å². The molecule has 0 aromatic carbocycles. The minimum Gasteiger partial charge on any atom is -0.379 e. The van der Waals surface area contributed by atoms with Crippen LogP contribution in [-0.2, 0) is 94.7 Å². The summed E-state index contributed by atoms with van der Waals surface area (Å²) in [7, 11) is 0. The smallest absolute Gasteiger partial charge is 0.0701 e. The number of rotatable bonds is 63. The lowest BCUT2D eigenvalue weighted by atomic mass is 10.6. The SMILES string of the molecule is [N-]=[N+]=NCCOCCOCCOCCOCCOCCOCCOCCOCCOCCOCCOCCOCCOCCOCCOCCOCCOCCOCCOCCOCCN=[N+]=[N-]. The zero-order valence-corrected chi connectivity index (χ0v) is 40.5. The molecule has 0 unspecified atom stereocenters. The van der Waals surface area contributed by atoms with E-state index in [2.05, 4.69) is 20.1 Å². The molecule has 0 radical (unpaired) electrons. The Labute approximate surface area is 402 Å². The summed E-state index contributed by atoms with van der Waals surface area (Å²) < 4.78 is 109. The molecule has 0 bridgehead atoms. The normalized spacial score (nSPS) is 11.4. The molecule has 0 N–H and O–H groups in total. The van der Waals surface area contributed by atoms with Gasteiger partial charge in [-0.15, -0.1) is 0 Å². The second-order valence-electron chi connectivity index (χ2n) is 13.2. The Morgan fingerprint density at radius 1 is 0.162 bits per heavy atom. The van der Waals surface area contributed by atoms with Crippen LogP contribution in [0.15, 0.2) is 10.2 Å². The van der Waals surface area contributed by atoms with E-state index in [0.29, 0.717) is 277 Å². The first-order valence-corrected chi connectivity index (χ1v) is 23.5. The molecule has 0 saturated heterocycles. The molecule has 0 aliphatic heterocycles. The summed E-state index contributed by atoms with van der Waals surface area (Å²) >= 11 is 0. The number of ether oxygens (including phenoxy) is 20. The van der Waals surface area contributed by atoms with Gasteiger partial charge in [-0.2, -0.15) is 0 Å². The Balaban J connectivity index is 3.07. The molecule has 0 spiro atoms. The average molecular weight is 993 g/mol. The van der Waals surface area contributed by atoms with Crippen molar-refractivity contribution in [2.75, 3.05) is 277 Å². The molecule has 0 aliphatic carbocycles. The van der Waals surface area contributed by atoms with E-state index in [1.807, 2.05) is 0 Å². The molecule has 0 heterocycles. The summed E-state index contributed by atoms with van der Waals surface area (Å²) in [5.74, 6) is 0. The van der Waals surface area contributed by atoms with Crippen molar-refractivity contribution in [1.29, 1.82) is 0 Å². The Morgan fingerprint density at radius 3 is 0.338 bits per heavy atom. The van der Waals surface area contributed by atoms with Gasteiger partial charge in [0.2, 0.25) is 0 Å². The highest BCUT2D eigenvalue weighted by atomic mass is 16.6. The molecule has 26 nitrogen and oxygen atoms in total. The van der Waals surface area contributed by atoms with E-state index < -0.39 is 0 Å². The van der Waals surface area contributed by atoms with Gasteiger partial charge in [-0.25, -0.2) is 0 Å². The Kier molecular flexibility index (Phi) is 62.7. The van der Waals surface area contributed by atoms with E-state index in [1.54, 1.807) is 0 Å². The van der Waals surface area contributed by atoms with Crippen LogP contribution in [0, 0.1) is 0 Å². The zero-order chi connectivity index (χ0) is 48.7. The van der Waals surface area contributed by atoms with Crippen molar-refractivity contribution in [2.45, 2.75) is 0 Å². The number of hydrogen-bond acceptors (Lipinski definition) is 22. The fourth-order valence-corrected chi connectivity index (χ4v) is 4.58. The van der Waals surface area contributed by atoms with Crippen LogP contribution in [0.1, 0.15) is 0 Å². The molecule has 0 aromatic heterocycles. The summed E-state index contributed by atoms with van der Waals surface area (Å²) in [4.78, 5) is 5.30. The van der Waals surface area contributed by atoms with Crippen LogP contribution >= 0.6 is 0 Å².